The van der Waals surface area contributed by atoms with Crippen molar-refractivity contribution in [3.05, 3.63) is 33.8 Å². The van der Waals surface area contributed by atoms with E-state index in [1.54, 1.807) is 12.1 Å². The zero-order valence-corrected chi connectivity index (χ0v) is 12.4. The first kappa shape index (κ1) is 15.3. The Kier molecular flexibility index (Phi) is 5.58. The zero-order chi connectivity index (χ0) is 14.4. The van der Waals surface area contributed by atoms with Crippen molar-refractivity contribution in [3.8, 4) is 11.8 Å². The quantitative estimate of drug-likeness (QED) is 0.661. The first-order valence-corrected chi connectivity index (χ1v) is 6.68. The van der Waals surface area contributed by atoms with Crippen molar-refractivity contribution in [2.75, 3.05) is 0 Å². The molecule has 2 N–H and O–H groups in total. The van der Waals surface area contributed by atoms with Crippen molar-refractivity contribution < 1.29 is 9.90 Å². The van der Waals surface area contributed by atoms with Crippen LogP contribution in [-0.4, -0.2) is 17.1 Å². The van der Waals surface area contributed by atoms with Gasteiger partial charge < -0.3 is 10.4 Å². The first-order valence-electron chi connectivity index (χ1n) is 5.89. The lowest BCUT2D eigenvalue weighted by atomic mass is 10.1. The highest BCUT2D eigenvalue weighted by molar-refractivity contribution is 9.10. The van der Waals surface area contributed by atoms with Crippen LogP contribution < -0.4 is 5.32 Å². The molecule has 0 saturated carbocycles. The van der Waals surface area contributed by atoms with Crippen LogP contribution in [0.3, 0.4) is 0 Å². The first-order chi connectivity index (χ1) is 8.97. The van der Waals surface area contributed by atoms with Crippen LogP contribution in [-0.2, 0) is 4.79 Å². The lowest BCUT2D eigenvalue weighted by molar-refractivity contribution is -0.117. The molecule has 0 aliphatic rings. The summed E-state index contributed by atoms with van der Waals surface area (Å²) in [5.74, 6) is -0.277. The molecule has 0 saturated heterocycles. The van der Waals surface area contributed by atoms with Crippen LogP contribution >= 0.6 is 15.9 Å². The van der Waals surface area contributed by atoms with Gasteiger partial charge in [-0.05, 0) is 53.0 Å². The Balaban J connectivity index is 2.96. The van der Waals surface area contributed by atoms with Gasteiger partial charge in [0.25, 0.3) is 5.91 Å². The van der Waals surface area contributed by atoms with Gasteiger partial charge in [0, 0.05) is 6.04 Å². The van der Waals surface area contributed by atoms with Crippen molar-refractivity contribution >= 4 is 27.9 Å². The normalized spacial score (nSPS) is 12.6. The Labute approximate surface area is 120 Å². The highest BCUT2D eigenvalue weighted by atomic mass is 79.9. The molecule has 0 spiro atoms. The summed E-state index contributed by atoms with van der Waals surface area (Å²) >= 11 is 3.18. The van der Waals surface area contributed by atoms with Crippen LogP contribution in [0.5, 0.6) is 5.75 Å². The van der Waals surface area contributed by atoms with Crippen molar-refractivity contribution in [2.24, 2.45) is 0 Å². The Hall–Kier alpha value is -1.80. The third-order valence-electron chi connectivity index (χ3n) is 2.64. The average molecular weight is 323 g/mol. The second kappa shape index (κ2) is 6.95. The van der Waals surface area contributed by atoms with Gasteiger partial charge in [0.05, 0.1) is 4.47 Å². The summed E-state index contributed by atoms with van der Waals surface area (Å²) in [4.78, 5) is 11.8. The number of phenolic OH excluding ortho intramolecular Hbond substituents is 1. The predicted molar refractivity (Wildman–Crippen MR) is 77.3 cm³/mol. The van der Waals surface area contributed by atoms with E-state index in [1.165, 1.54) is 12.1 Å². The molecular formula is C14H15BrN2O2. The van der Waals surface area contributed by atoms with Gasteiger partial charge in [-0.1, -0.05) is 13.0 Å². The van der Waals surface area contributed by atoms with Crippen molar-refractivity contribution in [3.63, 3.8) is 0 Å². The molecule has 0 aliphatic heterocycles. The maximum Gasteiger partial charge on any atom is 0.262 e. The number of nitriles is 1. The van der Waals surface area contributed by atoms with Crippen molar-refractivity contribution in [1.29, 1.82) is 5.26 Å². The van der Waals surface area contributed by atoms with E-state index >= 15 is 0 Å². The van der Waals surface area contributed by atoms with E-state index < -0.39 is 0 Å². The Morgan fingerprint density at radius 1 is 1.63 bits per heavy atom. The van der Waals surface area contributed by atoms with Crippen LogP contribution in [0.25, 0.3) is 6.08 Å². The molecule has 5 heteroatoms. The summed E-state index contributed by atoms with van der Waals surface area (Å²) in [6.45, 7) is 3.84. The molecule has 0 aliphatic carbocycles. The van der Waals surface area contributed by atoms with E-state index in [2.05, 4.69) is 21.2 Å². The number of carbonyl (C=O) groups excluding carboxylic acids is 1. The van der Waals surface area contributed by atoms with Gasteiger partial charge in [-0.15, -0.1) is 0 Å². The molecule has 0 radical (unpaired) electrons. The monoisotopic (exact) mass is 322 g/mol. The molecule has 1 aromatic rings. The number of phenols is 1. The topological polar surface area (TPSA) is 73.1 Å². The van der Waals surface area contributed by atoms with E-state index in [-0.39, 0.29) is 23.3 Å². The highest BCUT2D eigenvalue weighted by Gasteiger charge is 2.11. The number of benzene rings is 1. The maximum atomic E-state index is 11.8. The molecule has 0 fully saturated rings. The molecule has 0 heterocycles. The van der Waals surface area contributed by atoms with E-state index in [1.807, 2.05) is 19.9 Å². The molecule has 0 unspecified atom stereocenters. The number of hydrogen-bond donors (Lipinski definition) is 2. The van der Waals surface area contributed by atoms with Crippen LogP contribution in [0, 0.1) is 11.3 Å². The number of hydrogen-bond acceptors (Lipinski definition) is 3. The zero-order valence-electron chi connectivity index (χ0n) is 10.8. The van der Waals surface area contributed by atoms with E-state index in [4.69, 9.17) is 5.26 Å². The minimum absolute atomic E-state index is 0.0239. The molecule has 1 aromatic carbocycles. The second-order valence-electron chi connectivity index (χ2n) is 4.16. The summed E-state index contributed by atoms with van der Waals surface area (Å²) in [5, 5.41) is 21.1. The highest BCUT2D eigenvalue weighted by Crippen LogP contribution is 2.25. The molecular weight excluding hydrogens is 308 g/mol. The van der Waals surface area contributed by atoms with Gasteiger partial charge in [0.2, 0.25) is 0 Å². The van der Waals surface area contributed by atoms with Gasteiger partial charge in [-0.3, -0.25) is 4.79 Å². The van der Waals surface area contributed by atoms with Crippen LogP contribution in [0.15, 0.2) is 28.2 Å². The predicted octanol–water partition coefficient (Wildman–Crippen LogP) is 2.98. The largest absolute Gasteiger partial charge is 0.507 e. The maximum absolute atomic E-state index is 11.8. The molecule has 0 aromatic heterocycles. The Morgan fingerprint density at radius 2 is 2.32 bits per heavy atom. The third kappa shape index (κ3) is 4.42. The van der Waals surface area contributed by atoms with E-state index in [9.17, 15) is 9.90 Å². The molecule has 1 rings (SSSR count). The van der Waals surface area contributed by atoms with Gasteiger partial charge in [0.1, 0.15) is 17.4 Å². The van der Waals surface area contributed by atoms with Gasteiger partial charge in [0.15, 0.2) is 0 Å². The fourth-order valence-electron chi connectivity index (χ4n) is 1.33. The SMILES string of the molecule is CC[C@@H](C)NC(=O)/C(C#N)=C/c1ccc(O)c(Br)c1. The number of halogens is 1. The minimum Gasteiger partial charge on any atom is -0.507 e. The summed E-state index contributed by atoms with van der Waals surface area (Å²) in [7, 11) is 0. The summed E-state index contributed by atoms with van der Waals surface area (Å²) in [6.07, 6.45) is 2.29. The molecule has 4 nitrogen and oxygen atoms in total. The van der Waals surface area contributed by atoms with Crippen LogP contribution in [0.1, 0.15) is 25.8 Å². The number of nitrogens with one attached hydrogen (secondary N) is 1. The minimum atomic E-state index is -0.388. The Morgan fingerprint density at radius 3 is 2.84 bits per heavy atom. The number of rotatable bonds is 4. The number of aromatic hydroxyl groups is 1. The smallest absolute Gasteiger partial charge is 0.262 e. The molecule has 0 bridgehead atoms. The number of carbonyl (C=O) groups is 1. The third-order valence-corrected chi connectivity index (χ3v) is 3.27. The Bertz CT molecular complexity index is 547. The molecule has 19 heavy (non-hydrogen) atoms. The lowest BCUT2D eigenvalue weighted by Gasteiger charge is -2.10. The molecule has 1 amide bonds. The molecule has 100 valence electrons. The fourth-order valence-corrected chi connectivity index (χ4v) is 1.73. The summed E-state index contributed by atoms with van der Waals surface area (Å²) in [6, 6.07) is 6.68. The van der Waals surface area contributed by atoms with Crippen LogP contribution in [0.2, 0.25) is 0 Å². The van der Waals surface area contributed by atoms with Gasteiger partial charge in [-0.2, -0.15) is 5.26 Å². The van der Waals surface area contributed by atoms with E-state index in [0.29, 0.717) is 10.0 Å². The van der Waals surface area contributed by atoms with Crippen molar-refractivity contribution in [2.45, 2.75) is 26.3 Å². The lowest BCUT2D eigenvalue weighted by Crippen LogP contribution is -2.32. The molecule has 1 atom stereocenters. The summed E-state index contributed by atoms with van der Waals surface area (Å²) in [5.41, 5.74) is 0.707. The average Bonchev–Trinajstić information content (AvgIpc) is 2.39. The van der Waals surface area contributed by atoms with Gasteiger partial charge >= 0.3 is 0 Å². The van der Waals surface area contributed by atoms with Crippen molar-refractivity contribution in [1.82, 2.24) is 5.32 Å². The summed E-state index contributed by atoms with van der Waals surface area (Å²) < 4.78 is 0.515. The fraction of sp³-hybridized carbons (Fsp3) is 0.286. The standard InChI is InChI=1S/C14H15BrN2O2/c1-3-9(2)17-14(19)11(8-16)6-10-4-5-13(18)12(15)7-10/h4-7,9,18H,3H2,1-2H3,(H,17,19)/b11-6+/t9-/m1/s1. The van der Waals surface area contributed by atoms with E-state index in [0.717, 1.165) is 6.42 Å². The number of nitrogens with zero attached hydrogens (tertiary/aromatic N) is 1. The number of amides is 1. The van der Waals surface area contributed by atoms with Crippen LogP contribution in [0.4, 0.5) is 0 Å². The second-order valence-corrected chi connectivity index (χ2v) is 5.02. The van der Waals surface area contributed by atoms with Gasteiger partial charge in [-0.25, -0.2) is 0 Å².